The first-order chi connectivity index (χ1) is 16.0. The van der Waals surface area contributed by atoms with E-state index < -0.39 is 0 Å². The Balaban J connectivity index is 0.000000189. The quantitative estimate of drug-likeness (QED) is 0.448. The molecular weight excluding hydrogens is 416 g/mol. The molecule has 0 fully saturated rings. The van der Waals surface area contributed by atoms with E-state index in [1.165, 1.54) is 11.1 Å². The smallest absolute Gasteiger partial charge is 0.254 e. The van der Waals surface area contributed by atoms with Gasteiger partial charge in [0.1, 0.15) is 5.82 Å². The Hall–Kier alpha value is -4.13. The van der Waals surface area contributed by atoms with E-state index in [2.05, 4.69) is 27.5 Å². The average molecular weight is 445 g/mol. The number of aromatic nitrogens is 2. The number of ether oxygens (including phenoxy) is 2. The lowest BCUT2D eigenvalue weighted by Gasteiger charge is -2.09. The van der Waals surface area contributed by atoms with Crippen LogP contribution in [-0.2, 0) is 0 Å². The van der Waals surface area contributed by atoms with Crippen LogP contribution in [0.4, 0.5) is 11.5 Å². The number of carbonyl (C=O) groups excluding carboxylic acids is 1. The van der Waals surface area contributed by atoms with Crippen molar-refractivity contribution in [2.75, 3.05) is 26.6 Å². The second-order valence-electron chi connectivity index (χ2n) is 7.32. The molecule has 7 nitrogen and oxygen atoms in total. The van der Waals surface area contributed by atoms with E-state index in [4.69, 9.17) is 9.47 Å². The number of benzene rings is 2. The molecule has 2 heterocycles. The van der Waals surface area contributed by atoms with Crippen LogP contribution in [0.2, 0.25) is 0 Å². The van der Waals surface area contributed by atoms with Crippen molar-refractivity contribution in [3.63, 3.8) is 0 Å². The number of hydrogen-bond acceptors (Lipinski definition) is 6. The number of carbonyl (C=O) groups is 1. The predicted molar refractivity (Wildman–Crippen MR) is 132 cm³/mol. The van der Waals surface area contributed by atoms with Crippen molar-refractivity contribution in [1.82, 2.24) is 15.3 Å². The molecule has 0 aliphatic carbocycles. The van der Waals surface area contributed by atoms with Crippen LogP contribution in [0.1, 0.15) is 21.5 Å². The predicted octanol–water partition coefficient (Wildman–Crippen LogP) is 5.05. The highest BCUT2D eigenvalue weighted by Gasteiger charge is 2.10. The summed E-state index contributed by atoms with van der Waals surface area (Å²) >= 11 is 0. The minimum atomic E-state index is -0.155. The third-order valence-corrected chi connectivity index (χ3v) is 5.06. The number of anilines is 2. The van der Waals surface area contributed by atoms with Crippen molar-refractivity contribution in [2.45, 2.75) is 13.8 Å². The average Bonchev–Trinajstić information content (AvgIpc) is 2.85. The minimum absolute atomic E-state index is 0.155. The molecule has 0 saturated heterocycles. The number of hydrogen-bond donors (Lipinski definition) is 2. The maximum absolute atomic E-state index is 11.7. The Morgan fingerprint density at radius 1 is 0.879 bits per heavy atom. The lowest BCUT2D eigenvalue weighted by atomic mass is 10.1. The van der Waals surface area contributed by atoms with Crippen molar-refractivity contribution >= 4 is 28.3 Å². The Bertz CT molecular complexity index is 1240. The van der Waals surface area contributed by atoms with Gasteiger partial charge in [-0.1, -0.05) is 17.7 Å². The molecule has 0 radical (unpaired) electrons. The highest BCUT2D eigenvalue weighted by atomic mass is 16.5. The van der Waals surface area contributed by atoms with Gasteiger partial charge in [0.15, 0.2) is 11.5 Å². The van der Waals surface area contributed by atoms with Gasteiger partial charge in [0, 0.05) is 36.6 Å². The van der Waals surface area contributed by atoms with Gasteiger partial charge in [-0.15, -0.1) is 0 Å². The van der Waals surface area contributed by atoms with E-state index in [9.17, 15) is 4.79 Å². The summed E-state index contributed by atoms with van der Waals surface area (Å²) in [6, 6.07) is 17.2. The summed E-state index contributed by atoms with van der Waals surface area (Å²) in [6.45, 7) is 4.08. The molecule has 4 aromatic rings. The summed E-state index contributed by atoms with van der Waals surface area (Å²) in [5.74, 6) is 1.85. The van der Waals surface area contributed by atoms with Crippen molar-refractivity contribution in [3.8, 4) is 11.5 Å². The maximum Gasteiger partial charge on any atom is 0.254 e. The van der Waals surface area contributed by atoms with Crippen molar-refractivity contribution in [3.05, 3.63) is 83.7 Å². The number of pyridine rings is 2. The molecule has 2 N–H and O–H groups in total. The topological polar surface area (TPSA) is 85.4 Å². The summed E-state index contributed by atoms with van der Waals surface area (Å²) in [5, 5.41) is 6.83. The van der Waals surface area contributed by atoms with Crippen molar-refractivity contribution in [1.29, 1.82) is 0 Å². The van der Waals surface area contributed by atoms with E-state index in [1.54, 1.807) is 45.8 Å². The van der Waals surface area contributed by atoms with Gasteiger partial charge < -0.3 is 20.1 Å². The molecule has 0 aliphatic heterocycles. The first kappa shape index (κ1) is 23.5. The number of amides is 1. The van der Waals surface area contributed by atoms with Crippen molar-refractivity contribution in [2.24, 2.45) is 0 Å². The van der Waals surface area contributed by atoms with E-state index in [0.29, 0.717) is 17.1 Å². The van der Waals surface area contributed by atoms with E-state index in [1.807, 2.05) is 49.4 Å². The number of aryl methyl sites for hydroxylation is 2. The normalized spacial score (nSPS) is 10.1. The van der Waals surface area contributed by atoms with E-state index in [-0.39, 0.29) is 5.91 Å². The lowest BCUT2D eigenvalue weighted by Crippen LogP contribution is -2.19. The lowest BCUT2D eigenvalue weighted by molar-refractivity contribution is 0.0963. The Morgan fingerprint density at radius 3 is 2.24 bits per heavy atom. The van der Waals surface area contributed by atoms with Crippen LogP contribution in [-0.4, -0.2) is 37.1 Å². The van der Waals surface area contributed by atoms with Crippen LogP contribution in [0.25, 0.3) is 10.9 Å². The SMILES string of the molecule is CNC(=O)c1cccnc1Nc1ccc(C)cc1.COc1cc2nccc(C)c2cc1OC. The van der Waals surface area contributed by atoms with Gasteiger partial charge in [-0.05, 0) is 55.8 Å². The monoisotopic (exact) mass is 444 g/mol. The Morgan fingerprint density at radius 2 is 1.58 bits per heavy atom. The van der Waals surface area contributed by atoms with Gasteiger partial charge >= 0.3 is 0 Å². The van der Waals surface area contributed by atoms with Crippen LogP contribution in [0, 0.1) is 13.8 Å². The number of rotatable bonds is 5. The summed E-state index contributed by atoms with van der Waals surface area (Å²) < 4.78 is 10.5. The van der Waals surface area contributed by atoms with E-state index >= 15 is 0 Å². The summed E-state index contributed by atoms with van der Waals surface area (Å²) in [4.78, 5) is 20.2. The van der Waals surface area contributed by atoms with Gasteiger partial charge in [0.05, 0.1) is 25.3 Å². The second-order valence-corrected chi connectivity index (χ2v) is 7.32. The molecule has 0 atom stereocenters. The summed E-state index contributed by atoms with van der Waals surface area (Å²) in [7, 11) is 4.86. The van der Waals surface area contributed by atoms with Crippen LogP contribution < -0.4 is 20.1 Å². The molecule has 2 aromatic heterocycles. The van der Waals surface area contributed by atoms with Crippen LogP contribution in [0.15, 0.2) is 67.0 Å². The molecule has 170 valence electrons. The third kappa shape index (κ3) is 5.77. The molecule has 1 amide bonds. The summed E-state index contributed by atoms with van der Waals surface area (Å²) in [6.07, 6.45) is 3.45. The second kappa shape index (κ2) is 10.9. The standard InChI is InChI=1S/C14H15N3O.C12H13NO2/c1-10-5-7-11(8-6-10)17-13-12(14(18)15-2)4-3-9-16-13;1-8-4-5-13-10-7-12(15-3)11(14-2)6-9(8)10/h3-9H,1-2H3,(H,15,18)(H,16,17);4-7H,1-3H3. The molecule has 0 saturated carbocycles. The highest BCUT2D eigenvalue weighted by molar-refractivity contribution is 5.99. The zero-order valence-corrected chi connectivity index (χ0v) is 19.5. The number of nitrogens with one attached hydrogen (secondary N) is 2. The highest BCUT2D eigenvalue weighted by Crippen LogP contribution is 2.32. The van der Waals surface area contributed by atoms with Gasteiger partial charge in [-0.2, -0.15) is 0 Å². The fourth-order valence-corrected chi connectivity index (χ4v) is 3.21. The molecule has 2 aromatic carbocycles. The fraction of sp³-hybridized carbons (Fsp3) is 0.192. The zero-order valence-electron chi connectivity index (χ0n) is 19.5. The van der Waals surface area contributed by atoms with E-state index in [0.717, 1.165) is 22.3 Å². The molecular formula is C26H28N4O3. The largest absolute Gasteiger partial charge is 0.493 e. The number of fused-ring (bicyclic) bond motifs is 1. The van der Waals surface area contributed by atoms with Crippen LogP contribution in [0.3, 0.4) is 0 Å². The summed E-state index contributed by atoms with van der Waals surface area (Å²) in [5.41, 5.74) is 4.73. The van der Waals surface area contributed by atoms with Gasteiger partial charge in [0.25, 0.3) is 5.91 Å². The first-order valence-corrected chi connectivity index (χ1v) is 10.4. The molecule has 33 heavy (non-hydrogen) atoms. The molecule has 0 spiro atoms. The molecule has 0 unspecified atom stereocenters. The maximum atomic E-state index is 11.7. The first-order valence-electron chi connectivity index (χ1n) is 10.4. The molecule has 0 aliphatic rings. The molecule has 4 rings (SSSR count). The van der Waals surface area contributed by atoms with Gasteiger partial charge in [0.2, 0.25) is 0 Å². The van der Waals surface area contributed by atoms with Crippen LogP contribution in [0.5, 0.6) is 11.5 Å². The fourth-order valence-electron chi connectivity index (χ4n) is 3.21. The number of nitrogens with zero attached hydrogens (tertiary/aromatic N) is 2. The Labute approximate surface area is 193 Å². The van der Waals surface area contributed by atoms with Crippen LogP contribution >= 0.6 is 0 Å². The molecule has 7 heteroatoms. The minimum Gasteiger partial charge on any atom is -0.493 e. The van der Waals surface area contributed by atoms with Gasteiger partial charge in [-0.3, -0.25) is 9.78 Å². The zero-order chi connectivity index (χ0) is 23.8. The Kier molecular flexibility index (Phi) is 7.81. The van der Waals surface area contributed by atoms with Gasteiger partial charge in [-0.25, -0.2) is 4.98 Å². The number of methoxy groups -OCH3 is 2. The molecule has 0 bridgehead atoms. The van der Waals surface area contributed by atoms with Crippen molar-refractivity contribution < 1.29 is 14.3 Å². The third-order valence-electron chi connectivity index (χ3n) is 5.06.